The van der Waals surface area contributed by atoms with Gasteiger partial charge in [0.15, 0.2) is 5.82 Å². The molecule has 0 aliphatic carbocycles. The van der Waals surface area contributed by atoms with Crippen LogP contribution in [0.1, 0.15) is 21.6 Å². The van der Waals surface area contributed by atoms with Crippen molar-refractivity contribution in [3.05, 3.63) is 119 Å². The maximum atomic E-state index is 15.4. The molecule has 4 aromatic heterocycles. The summed E-state index contributed by atoms with van der Waals surface area (Å²) < 4.78 is 15.4. The van der Waals surface area contributed by atoms with Crippen molar-refractivity contribution < 1.29 is 9.18 Å². The molecule has 8 nitrogen and oxygen atoms in total. The van der Waals surface area contributed by atoms with Crippen LogP contribution in [0.5, 0.6) is 0 Å². The Kier molecular flexibility index (Phi) is 6.21. The average molecular weight is 560 g/mol. The van der Waals surface area contributed by atoms with Crippen molar-refractivity contribution in [2.24, 2.45) is 0 Å². The van der Waals surface area contributed by atoms with Crippen molar-refractivity contribution in [3.8, 4) is 22.6 Å². The van der Waals surface area contributed by atoms with Gasteiger partial charge in [-0.25, -0.2) is 9.37 Å². The lowest BCUT2D eigenvalue weighted by molar-refractivity contribution is 0.102. The molecule has 4 N–H and O–H groups in total. The van der Waals surface area contributed by atoms with Gasteiger partial charge in [-0.3, -0.25) is 14.9 Å². The molecule has 0 atom stereocenters. The van der Waals surface area contributed by atoms with E-state index in [-0.39, 0.29) is 5.91 Å². The zero-order chi connectivity index (χ0) is 27.8. The lowest BCUT2D eigenvalue weighted by Gasteiger charge is -2.08. The Morgan fingerprint density at radius 2 is 1.93 bits per heavy atom. The van der Waals surface area contributed by atoms with E-state index in [2.05, 4.69) is 48.3 Å². The van der Waals surface area contributed by atoms with Gasteiger partial charge in [0.1, 0.15) is 23.0 Å². The number of hydrogen-bond donors (Lipinski definition) is 4. The molecule has 0 unspecified atom stereocenters. The van der Waals surface area contributed by atoms with Gasteiger partial charge in [-0.15, -0.1) is 0 Å². The van der Waals surface area contributed by atoms with E-state index in [1.54, 1.807) is 53.9 Å². The zero-order valence-electron chi connectivity index (χ0n) is 21.5. The molecule has 0 saturated heterocycles. The van der Waals surface area contributed by atoms with Gasteiger partial charge in [-0.1, -0.05) is 36.4 Å². The average Bonchev–Trinajstić information content (AvgIpc) is 3.74. The topological polar surface area (TPSA) is 111 Å². The first-order valence-corrected chi connectivity index (χ1v) is 13.8. The highest BCUT2D eigenvalue weighted by Crippen LogP contribution is 2.36. The van der Waals surface area contributed by atoms with Crippen LogP contribution in [0.15, 0.2) is 96.0 Å². The molecule has 1 aliphatic heterocycles. The number of fused-ring (bicyclic) bond motifs is 2. The second-order valence-corrected chi connectivity index (χ2v) is 10.2. The highest BCUT2D eigenvalue weighted by molar-refractivity contribution is 7.08. The Morgan fingerprint density at radius 3 is 2.78 bits per heavy atom. The predicted octanol–water partition coefficient (Wildman–Crippen LogP) is 6.88. The minimum absolute atomic E-state index is 0.273. The monoisotopic (exact) mass is 559 g/mol. The van der Waals surface area contributed by atoms with Crippen molar-refractivity contribution >= 4 is 45.2 Å². The van der Waals surface area contributed by atoms with Crippen molar-refractivity contribution in [3.63, 3.8) is 0 Å². The number of H-pyrrole nitrogens is 2. The first-order chi connectivity index (χ1) is 20.1. The number of nitrogens with one attached hydrogen (secondary N) is 4. The van der Waals surface area contributed by atoms with Crippen LogP contribution in [-0.2, 0) is 0 Å². The van der Waals surface area contributed by atoms with Gasteiger partial charge in [0.2, 0.25) is 0 Å². The van der Waals surface area contributed by atoms with Crippen molar-refractivity contribution in [1.29, 1.82) is 0 Å². The number of thiophene rings is 1. The van der Waals surface area contributed by atoms with Crippen LogP contribution in [0.3, 0.4) is 0 Å². The number of imidazole rings is 1. The molecule has 5 heterocycles. The molecule has 0 bridgehead atoms. The molecule has 41 heavy (non-hydrogen) atoms. The number of rotatable bonds is 5. The number of amides is 1. The highest BCUT2D eigenvalue weighted by Gasteiger charge is 2.21. The number of carbonyl (C=O) groups is 1. The van der Waals surface area contributed by atoms with Crippen LogP contribution in [0.2, 0.25) is 0 Å². The fourth-order valence-corrected chi connectivity index (χ4v) is 5.48. The molecule has 6 aromatic rings. The quantitative estimate of drug-likeness (QED) is 0.184. The minimum Gasteiger partial charge on any atom is -0.366 e. The first kappa shape index (κ1) is 24.7. The zero-order valence-corrected chi connectivity index (χ0v) is 22.3. The SMILES string of the molecule is O=C(Nc1cncc(-c2cc3c(-c4nc5c([nH]4)NC/C=C\C=C/5c4ccsc4)n[nH]c3cc2F)c1)c1ccccc1. The van der Waals surface area contributed by atoms with E-state index >= 15 is 4.39 Å². The minimum atomic E-state index is -0.442. The maximum absolute atomic E-state index is 15.4. The molecule has 1 aliphatic rings. The van der Waals surface area contributed by atoms with Gasteiger partial charge in [0, 0.05) is 46.5 Å². The third-order valence-corrected chi connectivity index (χ3v) is 7.49. The summed E-state index contributed by atoms with van der Waals surface area (Å²) in [5, 5.41) is 18.5. The van der Waals surface area contributed by atoms with Crippen LogP contribution in [0.25, 0.3) is 39.1 Å². The molecule has 2 aromatic carbocycles. The number of nitrogens with zero attached hydrogens (tertiary/aromatic N) is 3. The third-order valence-electron chi connectivity index (χ3n) is 6.80. The van der Waals surface area contributed by atoms with Crippen LogP contribution < -0.4 is 10.6 Å². The van der Waals surface area contributed by atoms with Crippen LogP contribution in [0, 0.1) is 5.82 Å². The van der Waals surface area contributed by atoms with Gasteiger partial charge in [-0.05, 0) is 46.7 Å². The van der Waals surface area contributed by atoms with Gasteiger partial charge >= 0.3 is 0 Å². The van der Waals surface area contributed by atoms with Gasteiger partial charge in [0.25, 0.3) is 5.91 Å². The van der Waals surface area contributed by atoms with Crippen molar-refractivity contribution in [2.75, 3.05) is 17.2 Å². The smallest absolute Gasteiger partial charge is 0.255 e. The highest BCUT2D eigenvalue weighted by atomic mass is 32.1. The van der Waals surface area contributed by atoms with E-state index in [1.165, 1.54) is 12.3 Å². The second kappa shape index (κ2) is 10.3. The Balaban J connectivity index is 1.26. The van der Waals surface area contributed by atoms with Crippen molar-refractivity contribution in [2.45, 2.75) is 0 Å². The van der Waals surface area contributed by atoms with E-state index in [1.807, 2.05) is 23.6 Å². The molecule has 0 saturated carbocycles. The Labute approximate surface area is 237 Å². The fraction of sp³-hybridized carbons (Fsp3) is 0.0323. The van der Waals surface area contributed by atoms with E-state index in [4.69, 9.17) is 4.98 Å². The maximum Gasteiger partial charge on any atom is 0.255 e. The second-order valence-electron chi connectivity index (χ2n) is 9.44. The molecule has 7 rings (SSSR count). The summed E-state index contributed by atoms with van der Waals surface area (Å²) in [6.45, 7) is 0.642. The molecule has 200 valence electrons. The third kappa shape index (κ3) is 4.70. The lowest BCUT2D eigenvalue weighted by atomic mass is 10.0. The molecule has 0 fully saturated rings. The van der Waals surface area contributed by atoms with Crippen LogP contribution in [-0.4, -0.2) is 37.6 Å². The molecule has 0 radical (unpaired) electrons. The van der Waals surface area contributed by atoms with Gasteiger partial charge < -0.3 is 15.6 Å². The number of aromatic amines is 2. The summed E-state index contributed by atoms with van der Waals surface area (Å²) in [6.07, 6.45) is 9.21. The van der Waals surface area contributed by atoms with Gasteiger partial charge in [-0.2, -0.15) is 16.4 Å². The molecular formula is C31H22FN7OS. The molecule has 10 heteroatoms. The number of hydrogen-bond acceptors (Lipinski definition) is 6. The number of benzene rings is 2. The summed E-state index contributed by atoms with van der Waals surface area (Å²) in [5.74, 6) is 0.622. The largest absolute Gasteiger partial charge is 0.366 e. The summed E-state index contributed by atoms with van der Waals surface area (Å²) >= 11 is 1.63. The summed E-state index contributed by atoms with van der Waals surface area (Å²) in [5.41, 5.74) is 5.77. The van der Waals surface area contributed by atoms with Crippen LogP contribution >= 0.6 is 11.3 Å². The summed E-state index contributed by atoms with van der Waals surface area (Å²) in [6, 6.07) is 15.8. The predicted molar refractivity (Wildman–Crippen MR) is 160 cm³/mol. The van der Waals surface area contributed by atoms with E-state index in [0.717, 1.165) is 22.6 Å². The number of pyridine rings is 1. The van der Waals surface area contributed by atoms with Crippen molar-refractivity contribution in [1.82, 2.24) is 25.1 Å². The molecule has 1 amide bonds. The van der Waals surface area contributed by atoms with E-state index in [9.17, 15) is 4.79 Å². The summed E-state index contributed by atoms with van der Waals surface area (Å²) in [4.78, 5) is 25.2. The first-order valence-electron chi connectivity index (χ1n) is 12.9. The lowest BCUT2D eigenvalue weighted by Crippen LogP contribution is -2.11. The number of allylic oxidation sites excluding steroid dienone is 2. The Morgan fingerprint density at radius 1 is 1.02 bits per heavy atom. The standard InChI is InChI=1S/C31H22FN7OS/c32-25-14-26-24(13-23(25)20-12-21(16-33-15-20)35-31(40)18-6-2-1-3-7-18)28(39-38-26)30-36-27-22(19-9-11-41-17-19)8-4-5-10-34-29(27)37-30/h1-9,11-17,34H,10H2,(H,35,40)(H,36,37)(H,38,39)/b5-4-,22-8-. The Bertz CT molecular complexity index is 1960. The summed E-state index contributed by atoms with van der Waals surface area (Å²) in [7, 11) is 0. The van der Waals surface area contributed by atoms with Crippen LogP contribution in [0.4, 0.5) is 15.9 Å². The normalized spacial score (nSPS) is 14.8. The van der Waals surface area contributed by atoms with E-state index < -0.39 is 5.82 Å². The van der Waals surface area contributed by atoms with Gasteiger partial charge in [0.05, 0.1) is 17.4 Å². The molecule has 0 spiro atoms. The number of aromatic nitrogens is 5. The Hall–Kier alpha value is -5.35. The number of halogens is 1. The number of carbonyl (C=O) groups excluding carboxylic acids is 1. The molecular weight excluding hydrogens is 537 g/mol. The number of anilines is 2. The fourth-order valence-electron chi connectivity index (χ4n) is 4.82. The van der Waals surface area contributed by atoms with E-state index in [0.29, 0.717) is 51.3 Å².